The van der Waals surface area contributed by atoms with Crippen LogP contribution in [0.25, 0.3) is 5.69 Å². The van der Waals surface area contributed by atoms with Crippen LogP contribution < -0.4 is 10.3 Å². The summed E-state index contributed by atoms with van der Waals surface area (Å²) < 4.78 is 9.40. The third-order valence-electron chi connectivity index (χ3n) is 4.93. The van der Waals surface area contributed by atoms with Crippen molar-refractivity contribution in [3.8, 4) is 11.4 Å². The minimum Gasteiger partial charge on any atom is -0.486 e. The van der Waals surface area contributed by atoms with Crippen LogP contribution in [0.5, 0.6) is 5.75 Å². The molecule has 0 unspecified atom stereocenters. The highest BCUT2D eigenvalue weighted by Crippen LogP contribution is 2.20. The predicted octanol–water partition coefficient (Wildman–Crippen LogP) is 2.39. The molecule has 1 fully saturated rings. The van der Waals surface area contributed by atoms with Gasteiger partial charge in [0, 0.05) is 42.5 Å². The first-order chi connectivity index (χ1) is 13.0. The quantitative estimate of drug-likeness (QED) is 0.715. The molecule has 6 heteroatoms. The summed E-state index contributed by atoms with van der Waals surface area (Å²) in [5, 5.41) is 0. The Hall–Kier alpha value is -3.28. The molecule has 1 saturated heterocycles. The monoisotopic (exact) mass is 363 g/mol. The number of aromatic nitrogens is 2. The molecule has 0 radical (unpaired) electrons. The Labute approximate surface area is 157 Å². The van der Waals surface area contributed by atoms with Crippen LogP contribution in [-0.2, 0) is 7.05 Å². The third-order valence-corrected chi connectivity index (χ3v) is 4.93. The molecule has 3 heterocycles. The lowest BCUT2D eigenvalue weighted by Gasteiger charge is -2.39. The zero-order valence-electron chi connectivity index (χ0n) is 15.3. The van der Waals surface area contributed by atoms with Crippen LogP contribution in [-0.4, -0.2) is 39.1 Å². The van der Waals surface area contributed by atoms with E-state index in [-0.39, 0.29) is 17.6 Å². The Kier molecular flexibility index (Phi) is 4.32. The van der Waals surface area contributed by atoms with E-state index in [1.54, 1.807) is 16.5 Å². The van der Waals surface area contributed by atoms with Gasteiger partial charge in [0.05, 0.1) is 13.1 Å². The highest BCUT2D eigenvalue weighted by molar-refractivity contribution is 5.95. The van der Waals surface area contributed by atoms with Gasteiger partial charge in [0.1, 0.15) is 11.9 Å². The molecular weight excluding hydrogens is 342 g/mol. The second-order valence-electron chi connectivity index (χ2n) is 6.82. The van der Waals surface area contributed by atoms with E-state index in [0.29, 0.717) is 24.4 Å². The molecule has 3 aromatic rings. The van der Waals surface area contributed by atoms with Gasteiger partial charge in [-0.25, -0.2) is 0 Å². The van der Waals surface area contributed by atoms with Gasteiger partial charge in [0.15, 0.2) is 0 Å². The predicted molar refractivity (Wildman–Crippen MR) is 103 cm³/mol. The molecule has 1 aromatic carbocycles. The van der Waals surface area contributed by atoms with Gasteiger partial charge in [-0.2, -0.15) is 0 Å². The van der Waals surface area contributed by atoms with Crippen molar-refractivity contribution in [2.45, 2.75) is 13.0 Å². The minimum atomic E-state index is -0.0972. The standard InChI is InChI=1S/C21H21N3O3/c1-15-11-18(12-20(25)22(15)2)27-19-13-24(14-19)21(26)16-5-7-17(8-6-16)23-9-3-4-10-23/h3-12,19H,13-14H2,1-2H3. The fraction of sp³-hybridized carbons (Fsp3) is 0.238. The van der Waals surface area contributed by atoms with Crippen LogP contribution in [0, 0.1) is 6.92 Å². The number of ether oxygens (including phenoxy) is 1. The van der Waals surface area contributed by atoms with E-state index in [0.717, 1.165) is 11.4 Å². The molecule has 27 heavy (non-hydrogen) atoms. The molecule has 1 aliphatic heterocycles. The third kappa shape index (κ3) is 3.38. The van der Waals surface area contributed by atoms with Crippen molar-refractivity contribution in [2.75, 3.05) is 13.1 Å². The van der Waals surface area contributed by atoms with Gasteiger partial charge in [-0.05, 0) is 49.4 Å². The van der Waals surface area contributed by atoms with Gasteiger partial charge in [0.2, 0.25) is 0 Å². The Morgan fingerprint density at radius 2 is 1.74 bits per heavy atom. The van der Waals surface area contributed by atoms with Crippen molar-refractivity contribution in [3.63, 3.8) is 0 Å². The maximum absolute atomic E-state index is 12.6. The lowest BCUT2D eigenvalue weighted by atomic mass is 10.1. The van der Waals surface area contributed by atoms with Crippen LogP contribution in [0.2, 0.25) is 0 Å². The number of carbonyl (C=O) groups is 1. The molecule has 0 aliphatic carbocycles. The van der Waals surface area contributed by atoms with E-state index in [9.17, 15) is 9.59 Å². The maximum Gasteiger partial charge on any atom is 0.254 e. The summed E-state index contributed by atoms with van der Waals surface area (Å²) in [7, 11) is 1.73. The Morgan fingerprint density at radius 1 is 1.07 bits per heavy atom. The average molecular weight is 363 g/mol. The van der Waals surface area contributed by atoms with Crippen LogP contribution in [0.4, 0.5) is 0 Å². The van der Waals surface area contributed by atoms with E-state index >= 15 is 0 Å². The molecule has 1 aliphatic rings. The van der Waals surface area contributed by atoms with E-state index in [1.165, 1.54) is 6.07 Å². The molecule has 0 atom stereocenters. The Morgan fingerprint density at radius 3 is 2.37 bits per heavy atom. The van der Waals surface area contributed by atoms with Crippen molar-refractivity contribution in [1.29, 1.82) is 0 Å². The maximum atomic E-state index is 12.6. The summed E-state index contributed by atoms with van der Waals surface area (Å²) in [4.78, 5) is 26.2. The number of likely N-dealkylation sites (tertiary alicyclic amines) is 1. The number of pyridine rings is 1. The first-order valence-corrected chi connectivity index (χ1v) is 8.88. The SMILES string of the molecule is Cc1cc(OC2CN(C(=O)c3ccc(-n4cccc4)cc3)C2)cc(=O)n1C. The Balaban J connectivity index is 1.36. The minimum absolute atomic E-state index is 0.00550. The number of amides is 1. The van der Waals surface area contributed by atoms with E-state index in [2.05, 4.69) is 0 Å². The highest BCUT2D eigenvalue weighted by Gasteiger charge is 2.33. The second kappa shape index (κ2) is 6.79. The summed E-state index contributed by atoms with van der Waals surface area (Å²) >= 11 is 0. The first-order valence-electron chi connectivity index (χ1n) is 8.88. The Bertz CT molecular complexity index is 1010. The van der Waals surface area contributed by atoms with E-state index in [1.807, 2.05) is 66.3 Å². The summed E-state index contributed by atoms with van der Waals surface area (Å²) in [6.45, 7) is 2.90. The molecule has 0 N–H and O–H groups in total. The normalized spacial score (nSPS) is 14.1. The number of carbonyl (C=O) groups excluding carboxylic acids is 1. The van der Waals surface area contributed by atoms with Crippen LogP contribution in [0.1, 0.15) is 16.1 Å². The number of hydrogen-bond acceptors (Lipinski definition) is 3. The van der Waals surface area contributed by atoms with Crippen molar-refractivity contribution in [2.24, 2.45) is 7.05 Å². The van der Waals surface area contributed by atoms with Crippen molar-refractivity contribution < 1.29 is 9.53 Å². The largest absolute Gasteiger partial charge is 0.486 e. The molecule has 6 nitrogen and oxygen atoms in total. The molecule has 2 aromatic heterocycles. The summed E-state index contributed by atoms with van der Waals surface area (Å²) in [5.41, 5.74) is 2.42. The van der Waals surface area contributed by atoms with Crippen LogP contribution in [0.3, 0.4) is 0 Å². The molecule has 138 valence electrons. The van der Waals surface area contributed by atoms with E-state index in [4.69, 9.17) is 4.74 Å². The molecule has 0 saturated carbocycles. The number of nitrogens with zero attached hydrogens (tertiary/aromatic N) is 3. The molecule has 4 rings (SSSR count). The lowest BCUT2D eigenvalue weighted by Crippen LogP contribution is -2.56. The lowest BCUT2D eigenvalue weighted by molar-refractivity contribution is 0.0176. The number of rotatable bonds is 4. The fourth-order valence-corrected chi connectivity index (χ4v) is 3.14. The number of benzene rings is 1. The van der Waals surface area contributed by atoms with Crippen molar-refractivity contribution >= 4 is 5.91 Å². The molecule has 0 bridgehead atoms. The average Bonchev–Trinajstić information content (AvgIpc) is 3.16. The zero-order chi connectivity index (χ0) is 19.0. The summed E-state index contributed by atoms with van der Waals surface area (Å²) in [6.07, 6.45) is 3.85. The molecule has 1 amide bonds. The van der Waals surface area contributed by atoms with Crippen LogP contribution >= 0.6 is 0 Å². The topological polar surface area (TPSA) is 56.5 Å². The van der Waals surface area contributed by atoms with Crippen molar-refractivity contribution in [3.05, 3.63) is 82.5 Å². The number of hydrogen-bond donors (Lipinski definition) is 0. The summed E-state index contributed by atoms with van der Waals surface area (Å²) in [5.74, 6) is 0.554. The van der Waals surface area contributed by atoms with Gasteiger partial charge in [-0.15, -0.1) is 0 Å². The van der Waals surface area contributed by atoms with Crippen molar-refractivity contribution in [1.82, 2.24) is 14.0 Å². The smallest absolute Gasteiger partial charge is 0.254 e. The van der Waals surface area contributed by atoms with Gasteiger partial charge in [-0.3, -0.25) is 9.59 Å². The van der Waals surface area contributed by atoms with Crippen LogP contribution in [0.15, 0.2) is 65.7 Å². The fourth-order valence-electron chi connectivity index (χ4n) is 3.14. The second-order valence-corrected chi connectivity index (χ2v) is 6.82. The summed E-state index contributed by atoms with van der Waals surface area (Å²) in [6, 6.07) is 14.8. The van der Waals surface area contributed by atoms with Gasteiger partial charge in [-0.1, -0.05) is 0 Å². The van der Waals surface area contributed by atoms with Gasteiger partial charge < -0.3 is 18.8 Å². The highest BCUT2D eigenvalue weighted by atomic mass is 16.5. The molecular formula is C21H21N3O3. The molecule has 0 spiro atoms. The number of aryl methyl sites for hydroxylation is 1. The van der Waals surface area contributed by atoms with Gasteiger partial charge >= 0.3 is 0 Å². The first kappa shape index (κ1) is 17.1. The van der Waals surface area contributed by atoms with E-state index < -0.39 is 0 Å². The zero-order valence-corrected chi connectivity index (χ0v) is 15.3. The van der Waals surface area contributed by atoms with Gasteiger partial charge in [0.25, 0.3) is 11.5 Å².